The molecule has 4 saturated heterocycles. The maximum Gasteiger partial charge on any atom is 0.226 e. The summed E-state index contributed by atoms with van der Waals surface area (Å²) >= 11 is 0. The van der Waals surface area contributed by atoms with Crippen molar-refractivity contribution in [2.75, 3.05) is 50.7 Å². The molecule has 0 aliphatic carbocycles. The van der Waals surface area contributed by atoms with Crippen LogP contribution in [-0.2, 0) is 7.05 Å². The van der Waals surface area contributed by atoms with Crippen LogP contribution < -0.4 is 4.90 Å². The first-order valence-corrected chi connectivity index (χ1v) is 10.1. The number of aryl methyl sites for hydroxylation is 2. The van der Waals surface area contributed by atoms with Gasteiger partial charge < -0.3 is 9.80 Å². The third kappa shape index (κ3) is 3.10. The number of hydrogen-bond donors (Lipinski definition) is 0. The molecule has 1 unspecified atom stereocenters. The molecule has 2 bridgehead atoms. The van der Waals surface area contributed by atoms with Crippen LogP contribution in [0.1, 0.15) is 18.4 Å². The van der Waals surface area contributed by atoms with Crippen LogP contribution in [0.3, 0.4) is 0 Å². The summed E-state index contributed by atoms with van der Waals surface area (Å²) in [6, 6.07) is 0.753. The third-order valence-corrected chi connectivity index (χ3v) is 6.57. The Balaban J connectivity index is 1.29. The van der Waals surface area contributed by atoms with E-state index in [9.17, 15) is 0 Å². The second-order valence-corrected chi connectivity index (χ2v) is 8.14. The highest BCUT2D eigenvalue weighted by Crippen LogP contribution is 2.31. The molecule has 2 aromatic rings. The molecule has 4 aliphatic heterocycles. The molecule has 0 aromatic carbocycles. The topological polar surface area (TPSA) is 66.2 Å². The Hall–Kier alpha value is -2.06. The van der Waals surface area contributed by atoms with Gasteiger partial charge in [-0.15, -0.1) is 0 Å². The number of hydrogen-bond acceptors (Lipinski definition) is 7. The van der Waals surface area contributed by atoms with Crippen LogP contribution in [0.5, 0.6) is 0 Å². The highest BCUT2D eigenvalue weighted by Gasteiger charge is 2.38. The van der Waals surface area contributed by atoms with Crippen LogP contribution in [0.2, 0.25) is 0 Å². The fourth-order valence-electron chi connectivity index (χ4n) is 4.92. The Bertz CT molecular complexity index is 802. The molecule has 0 amide bonds. The first-order chi connectivity index (χ1) is 13.2. The van der Waals surface area contributed by atoms with Crippen LogP contribution in [0, 0.1) is 12.8 Å². The van der Waals surface area contributed by atoms with Gasteiger partial charge in [0.15, 0.2) is 5.82 Å². The number of nitrogens with zero attached hydrogens (tertiary/aromatic N) is 8. The lowest BCUT2D eigenvalue weighted by molar-refractivity contribution is 0.00301. The summed E-state index contributed by atoms with van der Waals surface area (Å²) in [5.41, 5.74) is 1.90. The average Bonchev–Trinajstić information content (AvgIpc) is 3.15. The molecule has 144 valence electrons. The van der Waals surface area contributed by atoms with Gasteiger partial charge in [0.1, 0.15) is 12.0 Å². The molecule has 8 heteroatoms. The minimum atomic E-state index is 0.753. The van der Waals surface area contributed by atoms with Crippen molar-refractivity contribution in [2.24, 2.45) is 13.0 Å². The van der Waals surface area contributed by atoms with Crippen LogP contribution in [-0.4, -0.2) is 86.4 Å². The predicted molar refractivity (Wildman–Crippen MR) is 104 cm³/mol. The summed E-state index contributed by atoms with van der Waals surface area (Å²) in [5, 5.41) is 4.18. The van der Waals surface area contributed by atoms with Crippen molar-refractivity contribution in [3.8, 4) is 11.5 Å². The summed E-state index contributed by atoms with van der Waals surface area (Å²) in [5.74, 6) is 2.51. The first-order valence-electron chi connectivity index (χ1n) is 10.1. The highest BCUT2D eigenvalue weighted by atomic mass is 15.4. The van der Waals surface area contributed by atoms with Gasteiger partial charge >= 0.3 is 0 Å². The molecule has 6 rings (SSSR count). The van der Waals surface area contributed by atoms with Gasteiger partial charge in [0.05, 0.1) is 0 Å². The van der Waals surface area contributed by atoms with E-state index < -0.39 is 0 Å². The maximum absolute atomic E-state index is 4.84. The van der Waals surface area contributed by atoms with Gasteiger partial charge in [-0.2, -0.15) is 5.10 Å². The Morgan fingerprint density at radius 2 is 1.78 bits per heavy atom. The van der Waals surface area contributed by atoms with E-state index in [0.717, 1.165) is 61.2 Å². The summed E-state index contributed by atoms with van der Waals surface area (Å²) < 4.78 is 1.77. The lowest BCUT2D eigenvalue weighted by Crippen LogP contribution is -2.61. The Morgan fingerprint density at radius 3 is 2.41 bits per heavy atom. The minimum absolute atomic E-state index is 0.753. The largest absolute Gasteiger partial charge is 0.338 e. The number of aromatic nitrogens is 5. The fourth-order valence-corrected chi connectivity index (χ4v) is 4.92. The number of rotatable bonds is 3. The van der Waals surface area contributed by atoms with E-state index in [0.29, 0.717) is 0 Å². The highest BCUT2D eigenvalue weighted by molar-refractivity contribution is 5.56. The van der Waals surface area contributed by atoms with Crippen LogP contribution >= 0.6 is 0 Å². The molecule has 1 atom stereocenters. The van der Waals surface area contributed by atoms with Crippen molar-refractivity contribution in [3.05, 3.63) is 18.1 Å². The van der Waals surface area contributed by atoms with Crippen molar-refractivity contribution in [2.45, 2.75) is 25.8 Å². The maximum atomic E-state index is 4.84. The van der Waals surface area contributed by atoms with E-state index >= 15 is 0 Å². The number of fused-ring (bicyclic) bond motifs is 3. The van der Waals surface area contributed by atoms with E-state index in [1.165, 1.54) is 32.5 Å². The third-order valence-electron chi connectivity index (χ3n) is 6.57. The molecule has 4 aliphatic rings. The molecule has 0 saturated carbocycles. The van der Waals surface area contributed by atoms with Crippen molar-refractivity contribution in [3.63, 3.8) is 0 Å². The van der Waals surface area contributed by atoms with Crippen LogP contribution in [0.4, 0.5) is 5.95 Å². The zero-order chi connectivity index (χ0) is 18.4. The Labute approximate surface area is 160 Å². The van der Waals surface area contributed by atoms with Crippen LogP contribution in [0.25, 0.3) is 11.5 Å². The SMILES string of the molecule is Cc1cnc(N2CCN(C3CN4CCC3CC4)CC2)nc1-c1ncnn1C. The smallest absolute Gasteiger partial charge is 0.226 e. The van der Waals surface area contributed by atoms with Gasteiger partial charge in [0.2, 0.25) is 5.95 Å². The van der Waals surface area contributed by atoms with Gasteiger partial charge in [0.25, 0.3) is 0 Å². The van der Waals surface area contributed by atoms with E-state index in [1.807, 2.05) is 20.2 Å². The first kappa shape index (κ1) is 17.1. The monoisotopic (exact) mass is 368 g/mol. The standard InChI is InChI=1S/C19H28N8/c1-14-11-20-19(23-17(14)18-21-13-22-24(18)2)27-9-7-26(8-10-27)16-12-25-5-3-15(16)4-6-25/h11,13,15-16H,3-10,12H2,1-2H3. The molecule has 0 spiro atoms. The van der Waals surface area contributed by atoms with Crippen molar-refractivity contribution in [1.82, 2.24) is 34.5 Å². The quantitative estimate of drug-likeness (QED) is 0.794. The summed E-state index contributed by atoms with van der Waals surface area (Å²) in [7, 11) is 1.90. The van der Waals surface area contributed by atoms with Crippen molar-refractivity contribution >= 4 is 5.95 Å². The summed E-state index contributed by atoms with van der Waals surface area (Å²) in [4.78, 5) is 21.5. The summed E-state index contributed by atoms with van der Waals surface area (Å²) in [6.07, 6.45) is 6.25. The van der Waals surface area contributed by atoms with Gasteiger partial charge in [-0.05, 0) is 44.3 Å². The number of piperidine rings is 3. The molecular formula is C19H28N8. The van der Waals surface area contributed by atoms with E-state index in [-0.39, 0.29) is 0 Å². The zero-order valence-electron chi connectivity index (χ0n) is 16.3. The van der Waals surface area contributed by atoms with E-state index in [2.05, 4.69) is 29.8 Å². The Kier molecular flexibility index (Phi) is 4.32. The van der Waals surface area contributed by atoms with E-state index in [1.54, 1.807) is 11.0 Å². The van der Waals surface area contributed by atoms with Gasteiger partial charge in [-0.3, -0.25) is 4.90 Å². The van der Waals surface area contributed by atoms with Gasteiger partial charge in [-0.1, -0.05) is 0 Å². The lowest BCUT2D eigenvalue weighted by Gasteiger charge is -2.51. The molecule has 27 heavy (non-hydrogen) atoms. The average molecular weight is 368 g/mol. The van der Waals surface area contributed by atoms with Crippen molar-refractivity contribution < 1.29 is 0 Å². The molecule has 8 nitrogen and oxygen atoms in total. The molecule has 2 aromatic heterocycles. The summed E-state index contributed by atoms with van der Waals surface area (Å²) in [6.45, 7) is 10.1. The van der Waals surface area contributed by atoms with Gasteiger partial charge in [-0.25, -0.2) is 19.6 Å². The van der Waals surface area contributed by atoms with E-state index in [4.69, 9.17) is 4.98 Å². The molecule has 0 radical (unpaired) electrons. The Morgan fingerprint density at radius 1 is 1.00 bits per heavy atom. The van der Waals surface area contributed by atoms with Crippen molar-refractivity contribution in [1.29, 1.82) is 0 Å². The zero-order valence-corrected chi connectivity index (χ0v) is 16.3. The second kappa shape index (κ2) is 6.83. The normalized spacial score (nSPS) is 28.7. The van der Waals surface area contributed by atoms with Crippen LogP contribution in [0.15, 0.2) is 12.5 Å². The fraction of sp³-hybridized carbons (Fsp3) is 0.684. The number of anilines is 1. The molecule has 4 fully saturated rings. The molecule has 6 heterocycles. The molecule has 0 N–H and O–H groups in total. The second-order valence-electron chi connectivity index (χ2n) is 8.14. The molecular weight excluding hydrogens is 340 g/mol. The van der Waals surface area contributed by atoms with Gasteiger partial charge in [0, 0.05) is 52.0 Å². The predicted octanol–water partition coefficient (Wildman–Crippen LogP) is 0.797. The lowest BCUT2D eigenvalue weighted by atomic mass is 9.83. The number of piperazine rings is 1. The minimum Gasteiger partial charge on any atom is -0.338 e.